The van der Waals surface area contributed by atoms with Gasteiger partial charge in [-0.05, 0) is 64.9 Å². The highest BCUT2D eigenvalue weighted by Gasteiger charge is 2.47. The van der Waals surface area contributed by atoms with Crippen molar-refractivity contribution in [3.05, 3.63) is 22.8 Å². The fraction of sp³-hybridized carbons (Fsp3) is 0.682. The number of rotatable bonds is 4. The first-order valence-electron chi connectivity index (χ1n) is 9.74. The first-order chi connectivity index (χ1) is 12.5. The third-order valence-electron chi connectivity index (χ3n) is 6.25. The Hall–Kier alpha value is -1.91. The quantitative estimate of drug-likeness (QED) is 0.544. The Morgan fingerprint density at radius 1 is 1.19 bits per heavy atom. The van der Waals surface area contributed by atoms with Crippen LogP contribution >= 0.6 is 0 Å². The molecule has 150 valence electrons. The van der Waals surface area contributed by atoms with Gasteiger partial charge in [-0.25, -0.2) is 4.79 Å². The predicted octanol–water partition coefficient (Wildman–Crippen LogP) is 4.16. The van der Waals surface area contributed by atoms with Crippen molar-refractivity contribution in [1.29, 1.82) is 0 Å². The minimum absolute atomic E-state index is 0.180. The Morgan fingerprint density at radius 2 is 1.81 bits per heavy atom. The van der Waals surface area contributed by atoms with Crippen molar-refractivity contribution in [2.45, 2.75) is 79.4 Å². The van der Waals surface area contributed by atoms with Crippen molar-refractivity contribution in [2.24, 2.45) is 17.8 Å². The number of hydrogen-bond donors (Lipinski definition) is 0. The van der Waals surface area contributed by atoms with Crippen molar-refractivity contribution in [3.63, 3.8) is 0 Å². The molecule has 4 atom stereocenters. The van der Waals surface area contributed by atoms with E-state index in [4.69, 9.17) is 9.47 Å². The van der Waals surface area contributed by atoms with E-state index in [1.165, 1.54) is 6.92 Å². The molecule has 0 bridgehead atoms. The van der Waals surface area contributed by atoms with Crippen LogP contribution in [0.2, 0.25) is 0 Å². The van der Waals surface area contributed by atoms with Gasteiger partial charge in [0.2, 0.25) is 0 Å². The van der Waals surface area contributed by atoms with Crippen molar-refractivity contribution < 1.29 is 23.9 Å². The number of esters is 2. The van der Waals surface area contributed by atoms with Crippen LogP contribution < -0.4 is 0 Å². The third kappa shape index (κ3) is 4.50. The van der Waals surface area contributed by atoms with Gasteiger partial charge < -0.3 is 9.47 Å². The summed E-state index contributed by atoms with van der Waals surface area (Å²) >= 11 is 0. The Bertz CT molecular complexity index is 697. The lowest BCUT2D eigenvalue weighted by Crippen LogP contribution is -2.44. The molecule has 0 radical (unpaired) electrons. The fourth-order valence-corrected chi connectivity index (χ4v) is 4.46. The molecule has 1 saturated carbocycles. The normalized spacial score (nSPS) is 29.3. The number of carbonyl (C=O) groups is 3. The zero-order chi connectivity index (χ0) is 20.5. The zero-order valence-electron chi connectivity index (χ0n) is 17.5. The van der Waals surface area contributed by atoms with Crippen LogP contribution in [0.4, 0.5) is 0 Å². The first-order valence-corrected chi connectivity index (χ1v) is 9.74. The molecule has 2 rings (SSSR count). The smallest absolute Gasteiger partial charge is 0.333 e. The summed E-state index contributed by atoms with van der Waals surface area (Å²) in [6.45, 7) is 12.6. The van der Waals surface area contributed by atoms with E-state index in [0.29, 0.717) is 24.8 Å². The summed E-state index contributed by atoms with van der Waals surface area (Å²) in [7, 11) is 0. The van der Waals surface area contributed by atoms with Crippen LogP contribution in [0.25, 0.3) is 0 Å². The van der Waals surface area contributed by atoms with Crippen LogP contribution in [0.1, 0.15) is 67.7 Å². The van der Waals surface area contributed by atoms with Crippen molar-refractivity contribution >= 4 is 17.7 Å². The average Bonchev–Trinajstić information content (AvgIpc) is 2.76. The molecule has 0 aromatic heterocycles. The van der Waals surface area contributed by atoms with Gasteiger partial charge in [-0.3, -0.25) is 9.59 Å². The molecule has 2 aliphatic carbocycles. The maximum absolute atomic E-state index is 12.5. The monoisotopic (exact) mass is 376 g/mol. The highest BCUT2D eigenvalue weighted by atomic mass is 16.6. The second-order valence-electron chi connectivity index (χ2n) is 8.52. The fourth-order valence-electron chi connectivity index (χ4n) is 4.46. The number of ether oxygens (including phenoxy) is 2. The van der Waals surface area contributed by atoms with E-state index in [0.717, 1.165) is 11.1 Å². The van der Waals surface area contributed by atoms with E-state index < -0.39 is 5.60 Å². The van der Waals surface area contributed by atoms with E-state index in [9.17, 15) is 14.4 Å². The lowest BCUT2D eigenvalue weighted by molar-refractivity contribution is -0.170. The molecule has 5 heteroatoms. The molecule has 0 amide bonds. The highest BCUT2D eigenvalue weighted by Crippen LogP contribution is 2.47. The van der Waals surface area contributed by atoms with Crippen molar-refractivity contribution in [1.82, 2.24) is 0 Å². The predicted molar refractivity (Wildman–Crippen MR) is 103 cm³/mol. The molecular weight excluding hydrogens is 344 g/mol. The van der Waals surface area contributed by atoms with Crippen molar-refractivity contribution in [2.75, 3.05) is 0 Å². The summed E-state index contributed by atoms with van der Waals surface area (Å²) in [4.78, 5) is 36.4. The first kappa shape index (κ1) is 21.4. The van der Waals surface area contributed by atoms with Gasteiger partial charge in [0.15, 0.2) is 5.78 Å². The highest BCUT2D eigenvalue weighted by molar-refractivity contribution is 5.98. The zero-order valence-corrected chi connectivity index (χ0v) is 17.5. The van der Waals surface area contributed by atoms with E-state index in [-0.39, 0.29) is 41.6 Å². The molecule has 0 aliphatic heterocycles. The summed E-state index contributed by atoms with van der Waals surface area (Å²) in [5, 5.41) is 0. The molecule has 0 aromatic rings. The topological polar surface area (TPSA) is 69.7 Å². The lowest BCUT2D eigenvalue weighted by atomic mass is 9.80. The summed E-state index contributed by atoms with van der Waals surface area (Å²) in [5.41, 5.74) is 1.71. The number of ketones is 1. The SMILES string of the molecule is CC=C(C)C(=O)OC1CC(C)[C@H]2CC(=O)C(C)=C2CC1C(C)(C)OC(C)=O. The molecule has 27 heavy (non-hydrogen) atoms. The maximum atomic E-state index is 12.5. The van der Waals surface area contributed by atoms with Gasteiger partial charge in [-0.1, -0.05) is 18.6 Å². The molecule has 3 unspecified atom stereocenters. The van der Waals surface area contributed by atoms with Gasteiger partial charge in [-0.15, -0.1) is 0 Å². The second-order valence-corrected chi connectivity index (χ2v) is 8.52. The maximum Gasteiger partial charge on any atom is 0.333 e. The number of fused-ring (bicyclic) bond motifs is 1. The van der Waals surface area contributed by atoms with E-state index in [1.807, 2.05) is 20.8 Å². The Morgan fingerprint density at radius 3 is 2.37 bits per heavy atom. The van der Waals surface area contributed by atoms with Gasteiger partial charge >= 0.3 is 11.9 Å². The minimum Gasteiger partial charge on any atom is -0.459 e. The largest absolute Gasteiger partial charge is 0.459 e. The van der Waals surface area contributed by atoms with Crippen LogP contribution in [0, 0.1) is 17.8 Å². The summed E-state index contributed by atoms with van der Waals surface area (Å²) in [5.74, 6) is -0.323. The van der Waals surface area contributed by atoms with Gasteiger partial charge in [0.05, 0.1) is 0 Å². The summed E-state index contributed by atoms with van der Waals surface area (Å²) in [6, 6.07) is 0. The van der Waals surface area contributed by atoms with Gasteiger partial charge in [0.1, 0.15) is 11.7 Å². The number of allylic oxidation sites excluding steroid dienone is 3. The van der Waals surface area contributed by atoms with Crippen LogP contribution in [-0.4, -0.2) is 29.4 Å². The number of Topliss-reactive ketones (excluding diaryl/α,β-unsaturated/α-hetero) is 1. The number of hydrogen-bond acceptors (Lipinski definition) is 5. The molecule has 0 N–H and O–H groups in total. The van der Waals surface area contributed by atoms with Gasteiger partial charge in [0.25, 0.3) is 0 Å². The standard InChI is InChI=1S/C22H32O5/c1-8-12(2)21(25)26-20-9-13(3)16-11-19(24)14(4)17(16)10-18(20)22(6,7)27-15(5)23/h8,13,16,18,20H,9-11H2,1-7H3/t13?,16-,18?,20?/m1/s1. The molecular formula is C22H32O5. The van der Waals surface area contributed by atoms with Crippen LogP contribution in [0.15, 0.2) is 22.8 Å². The van der Waals surface area contributed by atoms with Gasteiger partial charge in [-0.2, -0.15) is 0 Å². The number of carbonyl (C=O) groups excluding carboxylic acids is 3. The van der Waals surface area contributed by atoms with Gasteiger partial charge in [0, 0.05) is 24.8 Å². The molecule has 5 nitrogen and oxygen atoms in total. The molecule has 1 fully saturated rings. The summed E-state index contributed by atoms with van der Waals surface area (Å²) in [6.07, 6.45) is 3.12. The second kappa shape index (κ2) is 7.99. The van der Waals surface area contributed by atoms with Crippen LogP contribution in [0.5, 0.6) is 0 Å². The average molecular weight is 376 g/mol. The lowest BCUT2D eigenvalue weighted by Gasteiger charge is -2.38. The molecule has 0 spiro atoms. The third-order valence-corrected chi connectivity index (χ3v) is 6.25. The van der Waals surface area contributed by atoms with Crippen LogP contribution in [-0.2, 0) is 23.9 Å². The molecule has 0 saturated heterocycles. The van der Waals surface area contributed by atoms with E-state index in [1.54, 1.807) is 19.9 Å². The Labute approximate surface area is 162 Å². The van der Waals surface area contributed by atoms with Crippen LogP contribution in [0.3, 0.4) is 0 Å². The molecule has 0 aromatic carbocycles. The van der Waals surface area contributed by atoms with E-state index >= 15 is 0 Å². The Balaban J connectivity index is 2.44. The van der Waals surface area contributed by atoms with E-state index in [2.05, 4.69) is 6.92 Å². The van der Waals surface area contributed by atoms with Crippen molar-refractivity contribution in [3.8, 4) is 0 Å². The molecule has 0 heterocycles. The molecule has 2 aliphatic rings. The summed E-state index contributed by atoms with van der Waals surface area (Å²) < 4.78 is 11.5. The minimum atomic E-state index is -0.811. The Kier molecular flexibility index (Phi) is 6.33.